The predicted octanol–water partition coefficient (Wildman–Crippen LogP) is 4.00. The van der Waals surface area contributed by atoms with Crippen LogP contribution in [0, 0.1) is 11.6 Å². The number of nitrogens with one attached hydrogen (secondary N) is 1. The molecule has 0 aliphatic rings. The number of halogens is 2. The first-order valence-corrected chi connectivity index (χ1v) is 11.9. The molecule has 0 aliphatic carbocycles. The van der Waals surface area contributed by atoms with E-state index in [9.17, 15) is 17.2 Å². The molecule has 0 bridgehead atoms. The summed E-state index contributed by atoms with van der Waals surface area (Å²) >= 11 is 1.27. The molecule has 5 rings (SSSR count). The van der Waals surface area contributed by atoms with E-state index in [1.165, 1.54) is 30.7 Å². The molecule has 0 spiro atoms. The highest BCUT2D eigenvalue weighted by atomic mass is 32.2. The molecule has 1 N–H and O–H groups in total. The van der Waals surface area contributed by atoms with Crippen LogP contribution in [0.2, 0.25) is 0 Å². The summed E-state index contributed by atoms with van der Waals surface area (Å²) in [6.45, 7) is 0. The number of pyridine rings is 2. The van der Waals surface area contributed by atoms with Crippen LogP contribution in [0.25, 0.3) is 26.8 Å². The van der Waals surface area contributed by atoms with Crippen LogP contribution in [0.15, 0.2) is 66.1 Å². The Morgan fingerprint density at radius 2 is 1.91 bits per heavy atom. The number of hydrogen-bond acceptors (Lipinski definition) is 8. The lowest BCUT2D eigenvalue weighted by atomic mass is 10.2. The lowest BCUT2D eigenvalue weighted by molar-refractivity contribution is 0.400. The first-order chi connectivity index (χ1) is 16.4. The lowest BCUT2D eigenvalue weighted by Gasteiger charge is -2.12. The average molecular weight is 501 g/mol. The maximum Gasteiger partial charge on any atom is 0.264 e. The van der Waals surface area contributed by atoms with E-state index in [4.69, 9.17) is 4.74 Å². The summed E-state index contributed by atoms with van der Waals surface area (Å²) < 4.78 is 61.9. The zero-order valence-corrected chi connectivity index (χ0v) is 18.9. The third kappa shape index (κ3) is 3.95. The molecule has 0 radical (unpaired) electrons. The number of hydrogen-bond donors (Lipinski definition) is 1. The Morgan fingerprint density at radius 3 is 2.65 bits per heavy atom. The van der Waals surface area contributed by atoms with Crippen LogP contribution >= 0.6 is 11.3 Å². The SMILES string of the molecule is COc1ncc(-c2nn3c(-c4cccnc4)cnc3s2)cc1NS(=O)(=O)c1ccc(F)cc1F. The van der Waals surface area contributed by atoms with E-state index in [-0.39, 0.29) is 11.6 Å². The van der Waals surface area contributed by atoms with Crippen molar-refractivity contribution in [2.45, 2.75) is 4.90 Å². The normalized spacial score (nSPS) is 11.6. The van der Waals surface area contributed by atoms with Crippen LogP contribution < -0.4 is 9.46 Å². The highest BCUT2D eigenvalue weighted by molar-refractivity contribution is 7.92. The fraction of sp³-hybridized carbons (Fsp3) is 0.0476. The van der Waals surface area contributed by atoms with E-state index in [1.807, 2.05) is 6.07 Å². The van der Waals surface area contributed by atoms with Crippen molar-refractivity contribution in [1.82, 2.24) is 24.6 Å². The number of aromatic nitrogens is 5. The van der Waals surface area contributed by atoms with Gasteiger partial charge in [-0.05, 0) is 30.3 Å². The van der Waals surface area contributed by atoms with E-state index in [0.717, 1.165) is 23.4 Å². The number of fused-ring (bicyclic) bond motifs is 1. The van der Waals surface area contributed by atoms with Crippen molar-refractivity contribution in [2.75, 3.05) is 11.8 Å². The summed E-state index contributed by atoms with van der Waals surface area (Å²) in [5.41, 5.74) is 2.00. The Labute approximate surface area is 195 Å². The standard InChI is InChI=1S/C21H14F2N6O3S2/c1-32-19-16(28-34(30,31)18-5-4-14(22)8-15(18)23)7-13(10-25-19)20-27-29-17(11-26-21(29)33-20)12-3-2-6-24-9-12/h2-11,28H,1H3. The summed E-state index contributed by atoms with van der Waals surface area (Å²) in [6.07, 6.45) is 6.51. The molecular weight excluding hydrogens is 486 g/mol. The molecule has 4 aromatic heterocycles. The summed E-state index contributed by atoms with van der Waals surface area (Å²) in [6, 6.07) is 7.34. The van der Waals surface area contributed by atoms with E-state index in [2.05, 4.69) is 24.8 Å². The second-order valence-corrected chi connectivity index (χ2v) is 9.55. The number of nitrogens with zero attached hydrogens (tertiary/aromatic N) is 5. The largest absolute Gasteiger partial charge is 0.480 e. The molecule has 0 amide bonds. The smallest absolute Gasteiger partial charge is 0.264 e. The van der Waals surface area contributed by atoms with Crippen LogP contribution in [-0.2, 0) is 10.0 Å². The maximum absolute atomic E-state index is 14.1. The molecule has 1 aromatic carbocycles. The van der Waals surface area contributed by atoms with Crippen molar-refractivity contribution in [3.05, 3.63) is 72.8 Å². The Bertz CT molecular complexity index is 1620. The fourth-order valence-corrected chi connectivity index (χ4v) is 5.18. The number of rotatable bonds is 6. The minimum Gasteiger partial charge on any atom is -0.480 e. The molecule has 9 nitrogen and oxygen atoms in total. The molecular formula is C21H14F2N6O3S2. The first kappa shape index (κ1) is 21.9. The van der Waals surface area contributed by atoms with Gasteiger partial charge in [0.2, 0.25) is 10.8 Å². The summed E-state index contributed by atoms with van der Waals surface area (Å²) in [5, 5.41) is 5.09. The fourth-order valence-electron chi connectivity index (χ4n) is 3.22. The third-order valence-corrected chi connectivity index (χ3v) is 7.13. The van der Waals surface area contributed by atoms with Gasteiger partial charge in [0.15, 0.2) is 0 Å². The van der Waals surface area contributed by atoms with E-state index in [0.29, 0.717) is 21.6 Å². The number of methoxy groups -OCH3 is 1. The van der Waals surface area contributed by atoms with Crippen molar-refractivity contribution in [3.63, 3.8) is 0 Å². The van der Waals surface area contributed by atoms with Gasteiger partial charge < -0.3 is 4.74 Å². The Balaban J connectivity index is 1.54. The summed E-state index contributed by atoms with van der Waals surface area (Å²) in [5.74, 6) is -2.15. The van der Waals surface area contributed by atoms with Crippen LogP contribution in [0.3, 0.4) is 0 Å². The van der Waals surface area contributed by atoms with Crippen molar-refractivity contribution >= 4 is 32.0 Å². The van der Waals surface area contributed by atoms with Gasteiger partial charge >= 0.3 is 0 Å². The van der Waals surface area contributed by atoms with Crippen molar-refractivity contribution in [1.29, 1.82) is 0 Å². The molecule has 34 heavy (non-hydrogen) atoms. The van der Waals surface area contributed by atoms with Gasteiger partial charge in [-0.1, -0.05) is 11.3 Å². The van der Waals surface area contributed by atoms with Gasteiger partial charge in [0, 0.05) is 35.8 Å². The van der Waals surface area contributed by atoms with Gasteiger partial charge in [0.05, 0.1) is 19.0 Å². The average Bonchev–Trinajstić information content (AvgIpc) is 3.40. The van der Waals surface area contributed by atoms with E-state index < -0.39 is 26.6 Å². The Kier molecular flexibility index (Phi) is 5.42. The van der Waals surface area contributed by atoms with Gasteiger partial charge in [-0.25, -0.2) is 31.7 Å². The molecule has 0 saturated carbocycles. The number of imidazole rings is 1. The quantitative estimate of drug-likeness (QED) is 0.375. The van der Waals surface area contributed by atoms with Crippen LogP contribution in [0.4, 0.5) is 14.5 Å². The Hall–Kier alpha value is -3.97. The van der Waals surface area contributed by atoms with Gasteiger partial charge in [-0.2, -0.15) is 5.10 Å². The highest BCUT2D eigenvalue weighted by Crippen LogP contribution is 2.33. The van der Waals surface area contributed by atoms with E-state index in [1.54, 1.807) is 29.2 Å². The van der Waals surface area contributed by atoms with Crippen molar-refractivity contribution < 1.29 is 21.9 Å². The van der Waals surface area contributed by atoms with E-state index >= 15 is 0 Å². The van der Waals surface area contributed by atoms with Crippen LogP contribution in [-0.4, -0.2) is 40.1 Å². The Morgan fingerprint density at radius 1 is 1.06 bits per heavy atom. The highest BCUT2D eigenvalue weighted by Gasteiger charge is 2.23. The minimum absolute atomic E-state index is 0.0350. The lowest BCUT2D eigenvalue weighted by Crippen LogP contribution is -2.15. The second-order valence-electron chi connectivity index (χ2n) is 6.95. The monoisotopic (exact) mass is 500 g/mol. The molecule has 5 aromatic rings. The predicted molar refractivity (Wildman–Crippen MR) is 121 cm³/mol. The maximum atomic E-state index is 14.1. The first-order valence-electron chi connectivity index (χ1n) is 9.63. The molecule has 0 fully saturated rings. The molecule has 172 valence electrons. The minimum atomic E-state index is -4.40. The molecule has 13 heteroatoms. The van der Waals surface area contributed by atoms with Gasteiger partial charge in [0.1, 0.15) is 27.2 Å². The number of sulfonamides is 1. The second kappa shape index (κ2) is 8.43. The third-order valence-electron chi connectivity index (χ3n) is 4.76. The molecule has 0 atom stereocenters. The zero-order chi connectivity index (χ0) is 23.9. The van der Waals surface area contributed by atoms with Crippen molar-refractivity contribution in [3.8, 4) is 27.7 Å². The number of anilines is 1. The molecule has 0 unspecified atom stereocenters. The molecule has 4 heterocycles. The summed E-state index contributed by atoms with van der Waals surface area (Å²) in [7, 11) is -3.09. The summed E-state index contributed by atoms with van der Waals surface area (Å²) in [4.78, 5) is 12.5. The molecule has 0 aliphatic heterocycles. The molecule has 0 saturated heterocycles. The zero-order valence-electron chi connectivity index (χ0n) is 17.3. The van der Waals surface area contributed by atoms with Crippen molar-refractivity contribution in [2.24, 2.45) is 0 Å². The van der Waals surface area contributed by atoms with Gasteiger partial charge in [0.25, 0.3) is 10.0 Å². The number of ether oxygens (including phenoxy) is 1. The number of benzene rings is 1. The van der Waals surface area contributed by atoms with Crippen LogP contribution in [0.5, 0.6) is 5.88 Å². The topological polar surface area (TPSA) is 111 Å². The van der Waals surface area contributed by atoms with Gasteiger partial charge in [-0.15, -0.1) is 0 Å². The van der Waals surface area contributed by atoms with Crippen LogP contribution in [0.1, 0.15) is 0 Å². The van der Waals surface area contributed by atoms with Gasteiger partial charge in [-0.3, -0.25) is 9.71 Å².